The van der Waals surface area contributed by atoms with Gasteiger partial charge in [0.15, 0.2) is 0 Å². The van der Waals surface area contributed by atoms with Crippen molar-refractivity contribution >= 4 is 21.1 Å². The number of hydrogen-bond acceptors (Lipinski definition) is 4. The molecule has 0 N–H and O–H groups in total. The Hall–Kier alpha value is -1.33. The predicted octanol–water partition coefficient (Wildman–Crippen LogP) is 0.302. The molecule has 0 spiro atoms. The minimum atomic E-state index is -1.37. The molecular formula is C10H8O4W-2. The first-order valence-corrected chi connectivity index (χ1v) is 6.63. The van der Waals surface area contributed by atoms with Gasteiger partial charge < -0.3 is 9.59 Å². The van der Waals surface area contributed by atoms with Crippen LogP contribution in [0.15, 0.2) is 23.8 Å². The molecule has 0 fully saturated rings. The molecule has 1 aliphatic rings. The Labute approximate surface area is 95.2 Å². The number of carbonyl (C=O) groups excluding carboxylic acids is 4. The van der Waals surface area contributed by atoms with E-state index in [4.69, 9.17) is 14.4 Å². The molecule has 0 aromatic heterocycles. The van der Waals surface area contributed by atoms with Crippen molar-refractivity contribution in [3.05, 3.63) is 23.8 Å². The van der Waals surface area contributed by atoms with Gasteiger partial charge in [0.05, 0.1) is 0 Å². The van der Waals surface area contributed by atoms with Gasteiger partial charge in [0.1, 0.15) is 0 Å². The third-order valence-electron chi connectivity index (χ3n) is 0.986. The molecule has 0 saturated heterocycles. The van der Waals surface area contributed by atoms with Crippen LogP contribution in [0, 0.1) is 0 Å². The molecule has 5 heteroatoms. The molecule has 0 aromatic carbocycles. The summed E-state index contributed by atoms with van der Waals surface area (Å²) in [6.07, 6.45) is 9.64. The molecule has 0 aliphatic heterocycles. The summed E-state index contributed by atoms with van der Waals surface area (Å²) in [6, 6.07) is 0. The van der Waals surface area contributed by atoms with E-state index in [-0.39, 0.29) is 0 Å². The molecule has 0 bridgehead atoms. The Morgan fingerprint density at radius 3 is 2.00 bits per heavy atom. The van der Waals surface area contributed by atoms with Crippen LogP contribution in [0.1, 0.15) is 13.3 Å². The van der Waals surface area contributed by atoms with Crippen molar-refractivity contribution < 1.29 is 36.8 Å². The van der Waals surface area contributed by atoms with Crippen LogP contribution in [-0.2, 0) is 36.8 Å². The van der Waals surface area contributed by atoms with Crippen molar-refractivity contribution in [3.63, 3.8) is 0 Å². The number of rotatable bonds is 1. The molecule has 0 unspecified atom stereocenters. The summed E-state index contributed by atoms with van der Waals surface area (Å²) in [6.45, 7) is 1.32. The molecule has 15 heavy (non-hydrogen) atoms. The van der Waals surface area contributed by atoms with E-state index in [1.807, 2.05) is 18.4 Å². The normalized spacial score (nSPS) is 10.1. The SMILES string of the molecule is C[C-]=O.O=[C-]C1=CC=CC1.O=[C]=[W]=[C]=O. The van der Waals surface area contributed by atoms with E-state index in [0.717, 1.165) is 12.0 Å². The average molecular weight is 376 g/mol. The van der Waals surface area contributed by atoms with E-state index in [2.05, 4.69) is 0 Å². The molecule has 1 aliphatic carbocycles. The fraction of sp³-hybridized carbons (Fsp3) is 0.200. The molecule has 0 radical (unpaired) electrons. The van der Waals surface area contributed by atoms with Crippen molar-refractivity contribution in [3.8, 4) is 0 Å². The van der Waals surface area contributed by atoms with Crippen LogP contribution in [0.25, 0.3) is 0 Å². The van der Waals surface area contributed by atoms with E-state index >= 15 is 0 Å². The second-order valence-corrected chi connectivity index (χ2v) is 3.83. The Bertz CT molecular complexity index is 340. The monoisotopic (exact) mass is 376 g/mol. The molecule has 80 valence electrons. The second-order valence-electron chi connectivity index (χ2n) is 1.90. The second kappa shape index (κ2) is 15.2. The van der Waals surface area contributed by atoms with Crippen molar-refractivity contribution in [1.82, 2.24) is 0 Å². The fourth-order valence-corrected chi connectivity index (χ4v) is 0.662. The molecule has 0 amide bonds. The van der Waals surface area contributed by atoms with Gasteiger partial charge in [-0.25, -0.2) is 6.08 Å². The Morgan fingerprint density at radius 1 is 1.33 bits per heavy atom. The van der Waals surface area contributed by atoms with Crippen LogP contribution in [0.5, 0.6) is 0 Å². The summed E-state index contributed by atoms with van der Waals surface area (Å²) >= 11 is -1.37. The third kappa shape index (κ3) is 15.4. The molecular weight excluding hydrogens is 368 g/mol. The molecule has 1 rings (SSSR count). The fourth-order valence-electron chi connectivity index (χ4n) is 0.540. The van der Waals surface area contributed by atoms with Crippen molar-refractivity contribution in [1.29, 1.82) is 0 Å². The summed E-state index contributed by atoms with van der Waals surface area (Å²) in [4.78, 5) is 36.6. The molecule has 0 saturated carbocycles. The summed E-state index contributed by atoms with van der Waals surface area (Å²) in [7, 11) is 0. The molecule has 0 atom stereocenters. The minimum absolute atomic E-state index is 0.750. The standard InChI is InChI=1S/C6H5O.C2H3O.2CO.W/c7-5-6-3-1-2-4-6;1-2-3;2*1-2;/h1-3H,4H2;1H3;;;/q2*-1;;;. The number of allylic oxidation sites excluding steroid dienone is 4. The zero-order chi connectivity index (χ0) is 11.9. The van der Waals surface area contributed by atoms with Crippen LogP contribution in [0.4, 0.5) is 0 Å². The van der Waals surface area contributed by atoms with Crippen molar-refractivity contribution in [2.75, 3.05) is 0 Å². The van der Waals surface area contributed by atoms with Gasteiger partial charge in [0, 0.05) is 0 Å². The van der Waals surface area contributed by atoms with Gasteiger partial charge in [-0.3, -0.25) is 6.29 Å². The van der Waals surface area contributed by atoms with Gasteiger partial charge in [-0.15, -0.1) is 12.2 Å². The summed E-state index contributed by atoms with van der Waals surface area (Å²) in [5.41, 5.74) is 0.750. The van der Waals surface area contributed by atoms with Gasteiger partial charge in [-0.2, -0.15) is 12.5 Å². The summed E-state index contributed by atoms with van der Waals surface area (Å²) < 4.78 is 3.02. The van der Waals surface area contributed by atoms with Gasteiger partial charge in [-0.05, 0) is 12.7 Å². The van der Waals surface area contributed by atoms with Crippen LogP contribution in [-0.4, -0.2) is 21.1 Å². The van der Waals surface area contributed by atoms with E-state index in [1.54, 1.807) is 6.08 Å². The van der Waals surface area contributed by atoms with Gasteiger partial charge in [0.25, 0.3) is 0 Å². The average Bonchev–Trinajstić information content (AvgIpc) is 2.73. The topological polar surface area (TPSA) is 68.3 Å². The van der Waals surface area contributed by atoms with Crippen molar-refractivity contribution in [2.45, 2.75) is 13.3 Å². The maximum atomic E-state index is 9.77. The summed E-state index contributed by atoms with van der Waals surface area (Å²) in [5, 5.41) is 0. The Kier molecular flexibility index (Phi) is 16.3. The van der Waals surface area contributed by atoms with Crippen molar-refractivity contribution in [2.24, 2.45) is 0 Å². The molecule has 0 aromatic rings. The summed E-state index contributed by atoms with van der Waals surface area (Å²) in [5.74, 6) is 0. The van der Waals surface area contributed by atoms with E-state index in [1.165, 1.54) is 21.7 Å². The van der Waals surface area contributed by atoms with E-state index in [0.29, 0.717) is 0 Å². The Morgan fingerprint density at radius 2 is 1.87 bits per heavy atom. The van der Waals surface area contributed by atoms with Gasteiger partial charge in [-0.1, -0.05) is 0 Å². The van der Waals surface area contributed by atoms with Gasteiger partial charge in [0.2, 0.25) is 0 Å². The maximum absolute atomic E-state index is 9.77. The quantitative estimate of drug-likeness (QED) is 0.618. The van der Waals surface area contributed by atoms with E-state index in [9.17, 15) is 4.79 Å². The van der Waals surface area contributed by atoms with Crippen LogP contribution >= 0.6 is 0 Å². The van der Waals surface area contributed by atoms with Gasteiger partial charge >= 0.3 is 35.8 Å². The van der Waals surface area contributed by atoms with Crippen LogP contribution in [0.2, 0.25) is 0 Å². The number of hydrogen-bond donors (Lipinski definition) is 0. The predicted molar refractivity (Wildman–Crippen MR) is 50.3 cm³/mol. The Balaban J connectivity index is 0. The third-order valence-corrected chi connectivity index (χ3v) is 1.58. The first-order chi connectivity index (χ1) is 7.26. The van der Waals surface area contributed by atoms with Crippen LogP contribution in [0.3, 0.4) is 0 Å². The zero-order valence-electron chi connectivity index (χ0n) is 7.98. The van der Waals surface area contributed by atoms with Crippen LogP contribution < -0.4 is 0 Å². The molecule has 0 heterocycles. The van der Waals surface area contributed by atoms with E-state index < -0.39 is 17.6 Å². The zero-order valence-corrected chi connectivity index (χ0v) is 10.9. The first-order valence-electron chi connectivity index (χ1n) is 3.69. The molecule has 4 nitrogen and oxygen atoms in total. The first kappa shape index (κ1) is 16.1.